The third kappa shape index (κ3) is 3.73. The minimum Gasteiger partial charge on any atom is -0.354 e. The molecule has 0 unspecified atom stereocenters. The molecule has 0 radical (unpaired) electrons. The maximum absolute atomic E-state index is 11.8. The molecule has 22 heavy (non-hydrogen) atoms. The van der Waals surface area contributed by atoms with E-state index in [1.807, 2.05) is 6.07 Å². The summed E-state index contributed by atoms with van der Waals surface area (Å²) >= 11 is 0. The summed E-state index contributed by atoms with van der Waals surface area (Å²) in [7, 11) is 0. The number of carbonyl (C=O) groups is 1. The van der Waals surface area contributed by atoms with Crippen LogP contribution in [0, 0.1) is 20.8 Å². The number of nitrogens with one attached hydrogen (secondary N) is 2. The molecule has 0 saturated carbocycles. The molecule has 0 aliphatic heterocycles. The average Bonchev–Trinajstić information content (AvgIpc) is 2.49. The number of carbonyl (C=O) groups excluding carboxylic acids is 1. The van der Waals surface area contributed by atoms with Crippen LogP contribution in [-0.4, -0.2) is 17.4 Å². The first-order chi connectivity index (χ1) is 10.5. The molecule has 1 aromatic heterocycles. The lowest BCUT2D eigenvalue weighted by molar-refractivity contribution is 0.0953. The van der Waals surface area contributed by atoms with Crippen LogP contribution in [0.2, 0.25) is 0 Å². The van der Waals surface area contributed by atoms with Gasteiger partial charge in [-0.05, 0) is 44.0 Å². The average molecular weight is 295 g/mol. The molecule has 0 saturated heterocycles. The van der Waals surface area contributed by atoms with E-state index < -0.39 is 0 Å². The first-order valence-corrected chi connectivity index (χ1v) is 7.21. The summed E-state index contributed by atoms with van der Waals surface area (Å²) < 4.78 is 0. The predicted molar refractivity (Wildman–Crippen MR) is 90.7 cm³/mol. The predicted octanol–water partition coefficient (Wildman–Crippen LogP) is 3.67. The Kier molecular flexibility index (Phi) is 4.94. The Labute approximate surface area is 131 Å². The number of aryl methyl sites for hydroxylation is 3. The minimum atomic E-state index is -0.200. The lowest BCUT2D eigenvalue weighted by atomic mass is 10.0. The van der Waals surface area contributed by atoms with Crippen LogP contribution < -0.4 is 10.6 Å². The van der Waals surface area contributed by atoms with E-state index in [2.05, 4.69) is 55.1 Å². The van der Waals surface area contributed by atoms with Crippen LogP contribution in [0.15, 0.2) is 43.1 Å². The standard InChI is InChI=1S/C18H21N3O/c1-5-8-19-18(22)16-7-6-15(11-20-16)21-17-13(3)9-12(2)10-14(17)4/h5-7,9-11,21H,1,8H2,2-4H3,(H,19,22). The van der Waals surface area contributed by atoms with Gasteiger partial charge in [0.15, 0.2) is 0 Å². The van der Waals surface area contributed by atoms with Crippen LogP contribution >= 0.6 is 0 Å². The van der Waals surface area contributed by atoms with Crippen LogP contribution in [0.4, 0.5) is 11.4 Å². The maximum atomic E-state index is 11.8. The highest BCUT2D eigenvalue weighted by Gasteiger charge is 2.07. The normalized spacial score (nSPS) is 10.1. The molecule has 2 aromatic rings. The molecule has 1 amide bonds. The van der Waals surface area contributed by atoms with Crippen LogP contribution in [0.5, 0.6) is 0 Å². The van der Waals surface area contributed by atoms with Crippen LogP contribution in [-0.2, 0) is 0 Å². The van der Waals surface area contributed by atoms with Crippen molar-refractivity contribution in [2.45, 2.75) is 20.8 Å². The molecular formula is C18H21N3O. The molecule has 0 aliphatic carbocycles. The Balaban J connectivity index is 2.15. The van der Waals surface area contributed by atoms with Crippen molar-refractivity contribution in [3.8, 4) is 0 Å². The van der Waals surface area contributed by atoms with Crippen molar-refractivity contribution in [3.05, 3.63) is 65.5 Å². The SMILES string of the molecule is C=CCNC(=O)c1ccc(Nc2c(C)cc(C)cc2C)cn1. The van der Waals surface area contributed by atoms with Crippen molar-refractivity contribution in [2.75, 3.05) is 11.9 Å². The summed E-state index contributed by atoms with van der Waals surface area (Å²) in [5.41, 5.74) is 5.94. The highest BCUT2D eigenvalue weighted by atomic mass is 16.1. The second-order valence-corrected chi connectivity index (χ2v) is 5.33. The minimum absolute atomic E-state index is 0.200. The number of nitrogens with zero attached hydrogens (tertiary/aromatic N) is 1. The Morgan fingerprint density at radius 2 is 1.91 bits per heavy atom. The number of benzene rings is 1. The number of aromatic nitrogens is 1. The van der Waals surface area contributed by atoms with Crippen molar-refractivity contribution >= 4 is 17.3 Å². The van der Waals surface area contributed by atoms with Crippen LogP contribution in [0.25, 0.3) is 0 Å². The van der Waals surface area contributed by atoms with Crippen molar-refractivity contribution in [3.63, 3.8) is 0 Å². The number of anilines is 2. The van der Waals surface area contributed by atoms with E-state index in [1.165, 1.54) is 16.7 Å². The summed E-state index contributed by atoms with van der Waals surface area (Å²) in [6.07, 6.45) is 3.30. The molecule has 4 heteroatoms. The summed E-state index contributed by atoms with van der Waals surface area (Å²) in [5, 5.41) is 6.07. The largest absolute Gasteiger partial charge is 0.354 e. The summed E-state index contributed by atoms with van der Waals surface area (Å²) in [5.74, 6) is -0.200. The Hall–Kier alpha value is -2.62. The molecule has 1 aromatic carbocycles. The van der Waals surface area contributed by atoms with Gasteiger partial charge in [-0.1, -0.05) is 23.8 Å². The van der Waals surface area contributed by atoms with Gasteiger partial charge in [-0.25, -0.2) is 4.98 Å². The zero-order valence-electron chi connectivity index (χ0n) is 13.2. The molecule has 0 fully saturated rings. The number of pyridine rings is 1. The fourth-order valence-electron chi connectivity index (χ4n) is 2.38. The van der Waals surface area contributed by atoms with Crippen LogP contribution in [0.1, 0.15) is 27.2 Å². The van der Waals surface area contributed by atoms with E-state index in [0.717, 1.165) is 11.4 Å². The van der Waals surface area contributed by atoms with Gasteiger partial charge in [0, 0.05) is 12.2 Å². The zero-order valence-corrected chi connectivity index (χ0v) is 13.2. The Morgan fingerprint density at radius 1 is 1.23 bits per heavy atom. The number of hydrogen-bond acceptors (Lipinski definition) is 3. The van der Waals surface area contributed by atoms with E-state index in [1.54, 1.807) is 18.3 Å². The van der Waals surface area contributed by atoms with Gasteiger partial charge in [0.25, 0.3) is 5.91 Å². The molecular weight excluding hydrogens is 274 g/mol. The molecule has 2 rings (SSSR count). The van der Waals surface area contributed by atoms with Gasteiger partial charge >= 0.3 is 0 Å². The first-order valence-electron chi connectivity index (χ1n) is 7.21. The van der Waals surface area contributed by atoms with Gasteiger partial charge in [0.2, 0.25) is 0 Å². The molecule has 0 atom stereocenters. The van der Waals surface area contributed by atoms with E-state index in [0.29, 0.717) is 12.2 Å². The van der Waals surface area contributed by atoms with Gasteiger partial charge in [-0.2, -0.15) is 0 Å². The second-order valence-electron chi connectivity index (χ2n) is 5.33. The van der Waals surface area contributed by atoms with E-state index in [9.17, 15) is 4.79 Å². The van der Waals surface area contributed by atoms with E-state index in [4.69, 9.17) is 0 Å². The second kappa shape index (κ2) is 6.89. The molecule has 2 N–H and O–H groups in total. The molecule has 1 heterocycles. The van der Waals surface area contributed by atoms with E-state index >= 15 is 0 Å². The lowest BCUT2D eigenvalue weighted by Gasteiger charge is -2.14. The highest BCUT2D eigenvalue weighted by Crippen LogP contribution is 2.25. The fourth-order valence-corrected chi connectivity index (χ4v) is 2.38. The molecule has 4 nitrogen and oxygen atoms in total. The molecule has 0 aliphatic rings. The fraction of sp³-hybridized carbons (Fsp3) is 0.222. The van der Waals surface area contributed by atoms with Gasteiger partial charge in [-0.3, -0.25) is 4.79 Å². The van der Waals surface area contributed by atoms with Gasteiger partial charge in [0.1, 0.15) is 5.69 Å². The Morgan fingerprint density at radius 3 is 2.45 bits per heavy atom. The van der Waals surface area contributed by atoms with Crippen molar-refractivity contribution in [1.29, 1.82) is 0 Å². The topological polar surface area (TPSA) is 54.0 Å². The monoisotopic (exact) mass is 295 g/mol. The first kappa shape index (κ1) is 15.8. The number of amides is 1. The Bertz CT molecular complexity index is 667. The van der Waals surface area contributed by atoms with Gasteiger partial charge in [-0.15, -0.1) is 6.58 Å². The molecule has 0 bridgehead atoms. The lowest BCUT2D eigenvalue weighted by Crippen LogP contribution is -2.24. The van der Waals surface area contributed by atoms with Crippen molar-refractivity contribution < 1.29 is 4.79 Å². The summed E-state index contributed by atoms with van der Waals surface area (Å²) in [6, 6.07) is 7.84. The quantitative estimate of drug-likeness (QED) is 0.828. The molecule has 0 spiro atoms. The van der Waals surface area contributed by atoms with E-state index in [-0.39, 0.29) is 5.91 Å². The van der Waals surface area contributed by atoms with Gasteiger partial charge in [0.05, 0.1) is 11.9 Å². The highest BCUT2D eigenvalue weighted by molar-refractivity contribution is 5.92. The van der Waals surface area contributed by atoms with Crippen molar-refractivity contribution in [2.24, 2.45) is 0 Å². The number of hydrogen-bond donors (Lipinski definition) is 2. The third-order valence-corrected chi connectivity index (χ3v) is 3.35. The number of rotatable bonds is 5. The molecule has 114 valence electrons. The van der Waals surface area contributed by atoms with Crippen LogP contribution in [0.3, 0.4) is 0 Å². The van der Waals surface area contributed by atoms with Crippen molar-refractivity contribution in [1.82, 2.24) is 10.3 Å². The summed E-state index contributed by atoms with van der Waals surface area (Å²) in [6.45, 7) is 10.2. The maximum Gasteiger partial charge on any atom is 0.270 e. The zero-order chi connectivity index (χ0) is 16.1. The van der Waals surface area contributed by atoms with Gasteiger partial charge < -0.3 is 10.6 Å². The summed E-state index contributed by atoms with van der Waals surface area (Å²) in [4.78, 5) is 16.0. The third-order valence-electron chi connectivity index (χ3n) is 3.35. The smallest absolute Gasteiger partial charge is 0.270 e.